The van der Waals surface area contributed by atoms with E-state index in [4.69, 9.17) is 4.74 Å². The molecule has 2 aliphatic rings. The van der Waals surface area contributed by atoms with Gasteiger partial charge in [-0.05, 0) is 61.8 Å². The number of rotatable bonds is 5. The average Bonchev–Trinajstić information content (AvgIpc) is 3.37. The molecule has 3 rings (SSSR count). The summed E-state index contributed by atoms with van der Waals surface area (Å²) in [6.07, 6.45) is -2.56. The number of ketones is 2. The number of Topliss-reactive ketones (excluding diaryl/α,β-unsaturated/α-hetero) is 2. The first kappa shape index (κ1) is 18.1. The lowest BCUT2D eigenvalue weighted by Gasteiger charge is -2.30. The van der Waals surface area contributed by atoms with Crippen LogP contribution in [0.2, 0.25) is 0 Å². The number of methoxy groups -OCH3 is 1. The van der Waals surface area contributed by atoms with Gasteiger partial charge in [-0.2, -0.15) is 13.2 Å². The topological polar surface area (TPSA) is 43.4 Å². The molecule has 136 valence electrons. The fraction of sp³-hybridized carbons (Fsp3) is 0.579. The van der Waals surface area contributed by atoms with E-state index in [1.54, 1.807) is 6.92 Å². The van der Waals surface area contributed by atoms with Crippen LogP contribution in [0.15, 0.2) is 6.07 Å². The van der Waals surface area contributed by atoms with Crippen LogP contribution in [0, 0.1) is 12.8 Å². The van der Waals surface area contributed by atoms with Crippen LogP contribution in [0.25, 0.3) is 0 Å². The molecule has 1 aromatic carbocycles. The molecule has 6 heteroatoms. The molecular weight excluding hydrogens is 333 g/mol. The van der Waals surface area contributed by atoms with Crippen molar-refractivity contribution in [2.75, 3.05) is 7.11 Å². The van der Waals surface area contributed by atoms with E-state index in [1.807, 2.05) is 0 Å². The average molecular weight is 354 g/mol. The highest BCUT2D eigenvalue weighted by Crippen LogP contribution is 2.45. The Morgan fingerprint density at radius 1 is 1.24 bits per heavy atom. The number of carbonyl (C=O) groups excluding carboxylic acids is 2. The third-order valence-corrected chi connectivity index (χ3v) is 5.15. The summed E-state index contributed by atoms with van der Waals surface area (Å²) >= 11 is 0. The van der Waals surface area contributed by atoms with Crippen molar-refractivity contribution in [1.29, 1.82) is 0 Å². The van der Waals surface area contributed by atoms with Crippen LogP contribution in [-0.2, 0) is 22.1 Å². The number of alkyl halides is 3. The van der Waals surface area contributed by atoms with Crippen LogP contribution < -0.4 is 0 Å². The first-order valence-corrected chi connectivity index (χ1v) is 8.56. The molecule has 0 N–H and O–H groups in total. The molecule has 0 heterocycles. The smallest absolute Gasteiger partial charge is 0.377 e. The Balaban J connectivity index is 2.12. The lowest BCUT2D eigenvalue weighted by Crippen LogP contribution is -2.24. The van der Waals surface area contributed by atoms with Gasteiger partial charge in [0.25, 0.3) is 0 Å². The summed E-state index contributed by atoms with van der Waals surface area (Å²) in [5.74, 6) is -1.14. The van der Waals surface area contributed by atoms with Crippen molar-refractivity contribution in [1.82, 2.24) is 0 Å². The first-order chi connectivity index (χ1) is 11.7. The number of fused-ring (bicyclic) bond motifs is 1. The lowest BCUT2D eigenvalue weighted by molar-refractivity contribution is -0.140. The fourth-order valence-electron chi connectivity index (χ4n) is 3.74. The maximum atomic E-state index is 13.9. The monoisotopic (exact) mass is 354 g/mol. The van der Waals surface area contributed by atoms with Gasteiger partial charge in [0.2, 0.25) is 0 Å². The zero-order chi connectivity index (χ0) is 18.4. The fourth-order valence-corrected chi connectivity index (χ4v) is 3.74. The van der Waals surface area contributed by atoms with Gasteiger partial charge >= 0.3 is 6.18 Å². The summed E-state index contributed by atoms with van der Waals surface area (Å²) in [6, 6.07) is 1.31. The highest BCUT2D eigenvalue weighted by molar-refractivity contribution is 6.10. The van der Waals surface area contributed by atoms with Crippen molar-refractivity contribution in [3.63, 3.8) is 0 Å². The quantitative estimate of drug-likeness (QED) is 0.574. The molecule has 0 saturated heterocycles. The zero-order valence-electron chi connectivity index (χ0n) is 14.3. The summed E-state index contributed by atoms with van der Waals surface area (Å²) in [6.45, 7) is 1.72. The number of hydrogen-bond acceptors (Lipinski definition) is 3. The third kappa shape index (κ3) is 3.50. The van der Waals surface area contributed by atoms with Gasteiger partial charge in [-0.25, -0.2) is 0 Å². The Morgan fingerprint density at radius 3 is 2.48 bits per heavy atom. The predicted octanol–water partition coefficient (Wildman–Crippen LogP) is 4.59. The Bertz CT molecular complexity index is 718. The van der Waals surface area contributed by atoms with Gasteiger partial charge in [0.05, 0.1) is 18.1 Å². The number of carbonyl (C=O) groups is 2. The number of benzene rings is 1. The van der Waals surface area contributed by atoms with Gasteiger partial charge in [0.1, 0.15) is 5.78 Å². The molecule has 1 fully saturated rings. The van der Waals surface area contributed by atoms with E-state index in [0.717, 1.165) is 19.3 Å². The van der Waals surface area contributed by atoms with E-state index in [0.29, 0.717) is 24.0 Å². The molecule has 1 unspecified atom stereocenters. The standard InChI is InChI=1S/C19H21F3O3/c1-10-8-13(15(24)9-14(23)11-6-7-11)18(19(20,21)22)17-12(10)4-3-5-16(17)25-2/h8,11,16H,3-7,9H2,1-2H3. The Hall–Kier alpha value is -1.69. The van der Waals surface area contributed by atoms with Crippen molar-refractivity contribution in [3.8, 4) is 0 Å². The maximum Gasteiger partial charge on any atom is 0.417 e. The Kier molecular flexibility index (Phi) is 4.75. The van der Waals surface area contributed by atoms with Crippen molar-refractivity contribution < 1.29 is 27.5 Å². The molecule has 0 spiro atoms. The van der Waals surface area contributed by atoms with Gasteiger partial charge in [0.15, 0.2) is 5.78 Å². The molecule has 0 radical (unpaired) electrons. The van der Waals surface area contributed by atoms with E-state index in [-0.39, 0.29) is 22.8 Å². The van der Waals surface area contributed by atoms with E-state index in [1.165, 1.54) is 13.2 Å². The van der Waals surface area contributed by atoms with Crippen LogP contribution in [0.1, 0.15) is 70.8 Å². The van der Waals surface area contributed by atoms with Crippen LogP contribution in [0.3, 0.4) is 0 Å². The van der Waals surface area contributed by atoms with Gasteiger partial charge < -0.3 is 4.74 Å². The molecule has 25 heavy (non-hydrogen) atoms. The predicted molar refractivity (Wildman–Crippen MR) is 85.5 cm³/mol. The highest BCUT2D eigenvalue weighted by Gasteiger charge is 2.43. The largest absolute Gasteiger partial charge is 0.417 e. The van der Waals surface area contributed by atoms with Crippen LogP contribution in [-0.4, -0.2) is 18.7 Å². The Labute approximate surface area is 144 Å². The molecule has 0 amide bonds. The molecule has 2 aliphatic carbocycles. The zero-order valence-corrected chi connectivity index (χ0v) is 14.3. The van der Waals surface area contributed by atoms with Crippen molar-refractivity contribution in [3.05, 3.63) is 33.9 Å². The third-order valence-electron chi connectivity index (χ3n) is 5.15. The van der Waals surface area contributed by atoms with Crippen LogP contribution in [0.4, 0.5) is 13.2 Å². The second-order valence-corrected chi connectivity index (χ2v) is 6.96. The molecule has 0 aliphatic heterocycles. The SMILES string of the molecule is COC1CCCc2c(C)cc(C(=O)CC(=O)C3CC3)c(C(F)(F)F)c21. The number of aryl methyl sites for hydroxylation is 1. The van der Waals surface area contributed by atoms with E-state index in [9.17, 15) is 22.8 Å². The van der Waals surface area contributed by atoms with Crippen LogP contribution >= 0.6 is 0 Å². The van der Waals surface area contributed by atoms with E-state index >= 15 is 0 Å². The van der Waals surface area contributed by atoms with Gasteiger partial charge in [-0.1, -0.05) is 0 Å². The summed E-state index contributed by atoms with van der Waals surface area (Å²) in [4.78, 5) is 24.4. The molecule has 3 nitrogen and oxygen atoms in total. The van der Waals surface area contributed by atoms with Crippen LogP contribution in [0.5, 0.6) is 0 Å². The van der Waals surface area contributed by atoms with Gasteiger partial charge in [-0.15, -0.1) is 0 Å². The highest BCUT2D eigenvalue weighted by atomic mass is 19.4. The minimum absolute atomic E-state index is 0.0865. The molecule has 1 saturated carbocycles. The lowest BCUT2D eigenvalue weighted by atomic mass is 9.80. The summed E-state index contributed by atoms with van der Waals surface area (Å²) in [5.41, 5.74) is 0.0703. The minimum Gasteiger partial charge on any atom is -0.377 e. The summed E-state index contributed by atoms with van der Waals surface area (Å²) < 4.78 is 46.9. The normalized spacial score (nSPS) is 20.3. The number of halogens is 3. The van der Waals surface area contributed by atoms with Crippen molar-refractivity contribution in [2.24, 2.45) is 5.92 Å². The number of hydrogen-bond donors (Lipinski definition) is 0. The summed E-state index contributed by atoms with van der Waals surface area (Å²) in [5, 5.41) is 0. The molecule has 1 aromatic rings. The second-order valence-electron chi connectivity index (χ2n) is 6.96. The van der Waals surface area contributed by atoms with Gasteiger partial charge in [-0.3, -0.25) is 9.59 Å². The van der Waals surface area contributed by atoms with Gasteiger partial charge in [0, 0.05) is 18.6 Å². The molecule has 0 aromatic heterocycles. The summed E-state index contributed by atoms with van der Waals surface area (Å²) in [7, 11) is 1.39. The second kappa shape index (κ2) is 6.56. The molecular formula is C19H21F3O3. The van der Waals surface area contributed by atoms with E-state index in [2.05, 4.69) is 0 Å². The van der Waals surface area contributed by atoms with E-state index < -0.39 is 30.0 Å². The maximum absolute atomic E-state index is 13.9. The van der Waals surface area contributed by atoms with Crippen molar-refractivity contribution >= 4 is 11.6 Å². The molecule has 1 atom stereocenters. The molecule has 0 bridgehead atoms. The minimum atomic E-state index is -4.67. The Morgan fingerprint density at radius 2 is 1.92 bits per heavy atom. The number of ether oxygens (including phenoxy) is 1. The first-order valence-electron chi connectivity index (χ1n) is 8.56. The van der Waals surface area contributed by atoms with Crippen molar-refractivity contribution in [2.45, 2.75) is 57.7 Å².